The van der Waals surface area contributed by atoms with Crippen molar-refractivity contribution in [2.24, 2.45) is 5.73 Å². The molecule has 17 heavy (non-hydrogen) atoms. The molecule has 5 N–H and O–H groups in total. The molecular weight excluding hydrogens is 214 g/mol. The van der Waals surface area contributed by atoms with Crippen LogP contribution >= 0.6 is 0 Å². The second-order valence-electron chi connectivity index (χ2n) is 5.06. The quantitative estimate of drug-likeness (QED) is 0.699. The van der Waals surface area contributed by atoms with Gasteiger partial charge in [-0.25, -0.2) is 0 Å². The molecule has 1 fully saturated rings. The molecule has 0 aliphatic heterocycles. The average molecular weight is 233 g/mol. The number of rotatable bonds is 3. The van der Waals surface area contributed by atoms with Crippen LogP contribution < -0.4 is 16.8 Å². The first-order chi connectivity index (χ1) is 8.00. The van der Waals surface area contributed by atoms with Crippen LogP contribution in [0.4, 0.5) is 11.4 Å². The summed E-state index contributed by atoms with van der Waals surface area (Å²) in [5.41, 5.74) is 12.9. The molecule has 2 rings (SSSR count). The van der Waals surface area contributed by atoms with Crippen LogP contribution in [0, 0.1) is 0 Å². The lowest BCUT2D eigenvalue weighted by atomic mass is 9.99. The molecule has 0 atom stereocenters. The van der Waals surface area contributed by atoms with Crippen molar-refractivity contribution in [2.75, 3.05) is 11.1 Å². The van der Waals surface area contributed by atoms with E-state index in [0.717, 1.165) is 18.5 Å². The van der Waals surface area contributed by atoms with E-state index in [1.54, 1.807) is 12.1 Å². The zero-order valence-corrected chi connectivity index (χ0v) is 10.1. The Hall–Kier alpha value is -1.71. The van der Waals surface area contributed by atoms with E-state index in [2.05, 4.69) is 12.2 Å². The highest BCUT2D eigenvalue weighted by Gasteiger charge is 2.29. The van der Waals surface area contributed by atoms with E-state index in [9.17, 15) is 4.79 Å². The normalized spacial score (nSPS) is 17.9. The summed E-state index contributed by atoms with van der Waals surface area (Å²) in [7, 11) is 0. The predicted molar refractivity (Wildman–Crippen MR) is 69.9 cm³/mol. The van der Waals surface area contributed by atoms with Gasteiger partial charge in [-0.1, -0.05) is 12.8 Å². The van der Waals surface area contributed by atoms with E-state index in [0.29, 0.717) is 11.3 Å². The highest BCUT2D eigenvalue weighted by atomic mass is 16.1. The van der Waals surface area contributed by atoms with Crippen LogP contribution in [-0.2, 0) is 0 Å². The maximum absolute atomic E-state index is 11.4. The summed E-state index contributed by atoms with van der Waals surface area (Å²) in [6.07, 6.45) is 4.69. The van der Waals surface area contributed by atoms with Crippen molar-refractivity contribution in [3.8, 4) is 0 Å². The number of benzene rings is 1. The van der Waals surface area contributed by atoms with Crippen molar-refractivity contribution < 1.29 is 4.79 Å². The highest BCUT2D eigenvalue weighted by Crippen LogP contribution is 2.33. The van der Waals surface area contributed by atoms with Crippen LogP contribution in [0.15, 0.2) is 18.2 Å². The lowest BCUT2D eigenvalue weighted by Crippen LogP contribution is -2.32. The molecule has 0 saturated heterocycles. The summed E-state index contributed by atoms with van der Waals surface area (Å²) >= 11 is 0. The molecule has 0 unspecified atom stereocenters. The number of hydrogen-bond donors (Lipinski definition) is 3. The van der Waals surface area contributed by atoms with Gasteiger partial charge in [0.1, 0.15) is 0 Å². The largest absolute Gasteiger partial charge is 0.399 e. The molecule has 0 aromatic heterocycles. The van der Waals surface area contributed by atoms with Crippen LogP contribution in [0.2, 0.25) is 0 Å². The zero-order valence-electron chi connectivity index (χ0n) is 10.1. The molecule has 0 radical (unpaired) electrons. The van der Waals surface area contributed by atoms with Gasteiger partial charge in [-0.15, -0.1) is 0 Å². The van der Waals surface area contributed by atoms with Crippen LogP contribution in [0.5, 0.6) is 0 Å². The van der Waals surface area contributed by atoms with Gasteiger partial charge >= 0.3 is 0 Å². The summed E-state index contributed by atoms with van der Waals surface area (Å²) < 4.78 is 0. The van der Waals surface area contributed by atoms with Crippen molar-refractivity contribution in [1.29, 1.82) is 0 Å². The first-order valence-corrected chi connectivity index (χ1v) is 5.98. The van der Waals surface area contributed by atoms with Gasteiger partial charge in [0.25, 0.3) is 5.91 Å². The third-order valence-corrected chi connectivity index (χ3v) is 3.45. The lowest BCUT2D eigenvalue weighted by Gasteiger charge is -2.27. The maximum atomic E-state index is 11.4. The summed E-state index contributed by atoms with van der Waals surface area (Å²) in [4.78, 5) is 11.4. The van der Waals surface area contributed by atoms with Gasteiger partial charge in [0, 0.05) is 16.9 Å². The Labute approximate surface area is 101 Å². The molecule has 0 heterocycles. The molecule has 4 heteroatoms. The van der Waals surface area contributed by atoms with Crippen molar-refractivity contribution in [2.45, 2.75) is 38.1 Å². The molecule has 1 saturated carbocycles. The molecule has 1 aromatic carbocycles. The van der Waals surface area contributed by atoms with E-state index < -0.39 is 5.91 Å². The Kier molecular flexibility index (Phi) is 2.96. The summed E-state index contributed by atoms with van der Waals surface area (Å²) in [6.45, 7) is 2.18. The van der Waals surface area contributed by atoms with Crippen LogP contribution in [0.25, 0.3) is 0 Å². The standard InChI is InChI=1S/C13H19N3O/c1-13(6-2-3-7-13)16-11-5-4-9(14)8-10(11)12(15)17/h4-5,8,16H,2-3,6-7,14H2,1H3,(H2,15,17). The van der Waals surface area contributed by atoms with Gasteiger partial charge in [0.05, 0.1) is 5.56 Å². The second-order valence-corrected chi connectivity index (χ2v) is 5.06. The van der Waals surface area contributed by atoms with Gasteiger partial charge in [-0.05, 0) is 38.0 Å². The fourth-order valence-electron chi connectivity index (χ4n) is 2.48. The van der Waals surface area contributed by atoms with Crippen molar-refractivity contribution in [3.63, 3.8) is 0 Å². The summed E-state index contributed by atoms with van der Waals surface area (Å²) in [5.74, 6) is -0.443. The number of nitrogens with one attached hydrogen (secondary N) is 1. The van der Waals surface area contributed by atoms with Gasteiger partial charge in [-0.2, -0.15) is 0 Å². The molecular formula is C13H19N3O. The van der Waals surface area contributed by atoms with Crippen molar-refractivity contribution in [1.82, 2.24) is 0 Å². The topological polar surface area (TPSA) is 81.1 Å². The summed E-state index contributed by atoms with van der Waals surface area (Å²) in [5, 5.41) is 3.44. The first kappa shape index (κ1) is 11.8. The van der Waals surface area contributed by atoms with Crippen LogP contribution in [0.1, 0.15) is 43.0 Å². The molecule has 0 bridgehead atoms. The Bertz CT molecular complexity index is 436. The number of amides is 1. The number of carbonyl (C=O) groups is 1. The van der Waals surface area contributed by atoms with Gasteiger partial charge in [-0.3, -0.25) is 4.79 Å². The van der Waals surface area contributed by atoms with E-state index in [-0.39, 0.29) is 5.54 Å². The first-order valence-electron chi connectivity index (χ1n) is 5.98. The number of carbonyl (C=O) groups excluding carboxylic acids is 1. The number of nitrogens with two attached hydrogens (primary N) is 2. The predicted octanol–water partition coefficient (Wildman–Crippen LogP) is 2.11. The molecule has 1 amide bonds. The molecule has 1 aromatic rings. The Morgan fingerprint density at radius 3 is 2.59 bits per heavy atom. The smallest absolute Gasteiger partial charge is 0.250 e. The fraction of sp³-hybridized carbons (Fsp3) is 0.462. The van der Waals surface area contributed by atoms with E-state index in [4.69, 9.17) is 11.5 Å². The van der Waals surface area contributed by atoms with Crippen LogP contribution in [0.3, 0.4) is 0 Å². The van der Waals surface area contributed by atoms with Crippen molar-refractivity contribution in [3.05, 3.63) is 23.8 Å². The van der Waals surface area contributed by atoms with E-state index in [1.807, 2.05) is 6.07 Å². The number of primary amides is 1. The number of nitrogen functional groups attached to an aromatic ring is 1. The minimum absolute atomic E-state index is 0.0698. The number of hydrogen-bond acceptors (Lipinski definition) is 3. The third-order valence-electron chi connectivity index (χ3n) is 3.45. The Morgan fingerprint density at radius 2 is 2.00 bits per heavy atom. The molecule has 1 aliphatic carbocycles. The van der Waals surface area contributed by atoms with E-state index >= 15 is 0 Å². The van der Waals surface area contributed by atoms with Gasteiger partial charge in [0.15, 0.2) is 0 Å². The minimum atomic E-state index is -0.443. The molecule has 4 nitrogen and oxygen atoms in total. The SMILES string of the molecule is CC1(Nc2ccc(N)cc2C(N)=O)CCCC1. The zero-order chi connectivity index (χ0) is 12.5. The highest BCUT2D eigenvalue weighted by molar-refractivity contribution is 5.99. The molecule has 0 spiro atoms. The summed E-state index contributed by atoms with van der Waals surface area (Å²) in [6, 6.07) is 5.25. The number of anilines is 2. The second kappa shape index (κ2) is 4.28. The lowest BCUT2D eigenvalue weighted by molar-refractivity contribution is 0.100. The van der Waals surface area contributed by atoms with Gasteiger partial charge in [0.2, 0.25) is 0 Å². The minimum Gasteiger partial charge on any atom is -0.399 e. The molecule has 1 aliphatic rings. The monoisotopic (exact) mass is 233 g/mol. The Balaban J connectivity index is 2.28. The van der Waals surface area contributed by atoms with Crippen molar-refractivity contribution >= 4 is 17.3 Å². The maximum Gasteiger partial charge on any atom is 0.250 e. The van der Waals surface area contributed by atoms with Gasteiger partial charge < -0.3 is 16.8 Å². The molecule has 92 valence electrons. The fourth-order valence-corrected chi connectivity index (χ4v) is 2.48. The van der Waals surface area contributed by atoms with Crippen LogP contribution in [-0.4, -0.2) is 11.4 Å². The van der Waals surface area contributed by atoms with E-state index in [1.165, 1.54) is 12.8 Å². The third kappa shape index (κ3) is 2.52. The average Bonchev–Trinajstić information content (AvgIpc) is 2.67. The Morgan fingerprint density at radius 1 is 1.35 bits per heavy atom.